The number of carbonyl (C=O) groups is 2. The predicted molar refractivity (Wildman–Crippen MR) is 99.7 cm³/mol. The molecule has 0 unspecified atom stereocenters. The monoisotopic (exact) mass is 355 g/mol. The van der Waals surface area contributed by atoms with E-state index in [0.29, 0.717) is 5.75 Å². The number of thioether (sulfide) groups is 1. The molecule has 0 radical (unpaired) electrons. The lowest BCUT2D eigenvalue weighted by Gasteiger charge is -2.28. The van der Waals surface area contributed by atoms with Gasteiger partial charge in [-0.05, 0) is 30.5 Å². The third-order valence-corrected chi connectivity index (χ3v) is 5.14. The Labute approximate surface area is 151 Å². The molecule has 25 heavy (non-hydrogen) atoms. The first-order chi connectivity index (χ1) is 12.2. The third kappa shape index (κ3) is 4.39. The molecule has 130 valence electrons. The molecule has 0 saturated carbocycles. The van der Waals surface area contributed by atoms with Gasteiger partial charge in [-0.2, -0.15) is 0 Å². The first kappa shape index (κ1) is 17.5. The molecule has 6 heteroatoms. The second kappa shape index (κ2) is 8.16. The topological polar surface area (TPSA) is 62.3 Å². The first-order valence-corrected chi connectivity index (χ1v) is 9.37. The van der Waals surface area contributed by atoms with Crippen molar-refractivity contribution in [1.82, 2.24) is 10.3 Å². The van der Waals surface area contributed by atoms with Crippen LogP contribution in [0, 0.1) is 0 Å². The molecule has 1 aromatic heterocycles. The number of hydrogen-bond acceptors (Lipinski definition) is 4. The van der Waals surface area contributed by atoms with Crippen LogP contribution in [0.4, 0.5) is 5.69 Å². The quantitative estimate of drug-likeness (QED) is 0.865. The lowest BCUT2D eigenvalue weighted by molar-refractivity contribution is -0.123. The summed E-state index contributed by atoms with van der Waals surface area (Å²) in [6.45, 7) is 2.08. The number of fused-ring (bicyclic) bond motifs is 1. The summed E-state index contributed by atoms with van der Waals surface area (Å²) in [4.78, 5) is 30.5. The summed E-state index contributed by atoms with van der Waals surface area (Å²) in [6, 6.07) is 13.8. The van der Waals surface area contributed by atoms with Crippen molar-refractivity contribution < 1.29 is 9.59 Å². The van der Waals surface area contributed by atoms with E-state index in [2.05, 4.69) is 29.4 Å². The molecule has 2 amide bonds. The van der Waals surface area contributed by atoms with E-state index in [-0.39, 0.29) is 24.4 Å². The summed E-state index contributed by atoms with van der Waals surface area (Å²) in [6.07, 6.45) is 3.32. The van der Waals surface area contributed by atoms with Crippen LogP contribution < -0.4 is 10.2 Å². The number of carbonyl (C=O) groups excluding carboxylic acids is 2. The van der Waals surface area contributed by atoms with Gasteiger partial charge in [0, 0.05) is 12.2 Å². The van der Waals surface area contributed by atoms with Gasteiger partial charge in [0.15, 0.2) is 0 Å². The molecule has 0 bridgehead atoms. The molecule has 1 aromatic carbocycles. The van der Waals surface area contributed by atoms with Crippen LogP contribution in [0.2, 0.25) is 0 Å². The van der Waals surface area contributed by atoms with Crippen molar-refractivity contribution in [2.24, 2.45) is 0 Å². The van der Waals surface area contributed by atoms with Crippen LogP contribution in [-0.2, 0) is 16.0 Å². The average Bonchev–Trinajstić information content (AvgIpc) is 2.64. The Hall–Kier alpha value is -2.34. The number of benzene rings is 1. The van der Waals surface area contributed by atoms with Gasteiger partial charge in [-0.15, -0.1) is 0 Å². The van der Waals surface area contributed by atoms with E-state index in [4.69, 9.17) is 0 Å². The van der Waals surface area contributed by atoms with E-state index in [0.717, 1.165) is 23.6 Å². The number of anilines is 1. The summed E-state index contributed by atoms with van der Waals surface area (Å²) in [7, 11) is 0. The highest BCUT2D eigenvalue weighted by Crippen LogP contribution is 2.32. The van der Waals surface area contributed by atoms with Crippen LogP contribution in [-0.4, -0.2) is 35.1 Å². The van der Waals surface area contributed by atoms with Crippen molar-refractivity contribution in [3.05, 3.63) is 54.2 Å². The maximum Gasteiger partial charge on any atom is 0.240 e. The van der Waals surface area contributed by atoms with E-state index in [1.165, 1.54) is 22.2 Å². The summed E-state index contributed by atoms with van der Waals surface area (Å²) >= 11 is 1.41. The largest absolute Gasteiger partial charge is 0.351 e. The van der Waals surface area contributed by atoms with Gasteiger partial charge in [-0.25, -0.2) is 4.98 Å². The van der Waals surface area contributed by atoms with Crippen LogP contribution in [0.1, 0.15) is 18.9 Å². The summed E-state index contributed by atoms with van der Waals surface area (Å²) in [5.41, 5.74) is 1.91. The Bertz CT molecular complexity index is 751. The minimum Gasteiger partial charge on any atom is -0.351 e. The van der Waals surface area contributed by atoms with Gasteiger partial charge in [0.2, 0.25) is 11.8 Å². The maximum atomic E-state index is 12.5. The smallest absolute Gasteiger partial charge is 0.240 e. The molecule has 0 aliphatic carbocycles. The number of nitrogens with zero attached hydrogens (tertiary/aromatic N) is 2. The van der Waals surface area contributed by atoms with Crippen LogP contribution in [0.25, 0.3) is 0 Å². The molecule has 5 nitrogen and oxygen atoms in total. The maximum absolute atomic E-state index is 12.5. The SMILES string of the molecule is CC[C@H](Cc1ccccc1)NC(=O)CN1C(=O)CSc2ncccc21. The number of hydrogen-bond donors (Lipinski definition) is 1. The summed E-state index contributed by atoms with van der Waals surface area (Å²) in [5.74, 6) is 0.119. The first-order valence-electron chi connectivity index (χ1n) is 8.39. The lowest BCUT2D eigenvalue weighted by atomic mass is 10.0. The van der Waals surface area contributed by atoms with Gasteiger partial charge in [-0.1, -0.05) is 49.0 Å². The van der Waals surface area contributed by atoms with E-state index in [1.54, 1.807) is 12.3 Å². The Balaban J connectivity index is 1.64. The minimum atomic E-state index is -0.141. The molecule has 3 rings (SSSR count). The average molecular weight is 355 g/mol. The van der Waals surface area contributed by atoms with Crippen LogP contribution in [0.5, 0.6) is 0 Å². The molecular formula is C19H21N3O2S. The molecule has 1 aliphatic rings. The van der Waals surface area contributed by atoms with Crippen LogP contribution >= 0.6 is 11.8 Å². The zero-order valence-corrected chi connectivity index (χ0v) is 15.0. The van der Waals surface area contributed by atoms with Gasteiger partial charge in [0.25, 0.3) is 0 Å². The van der Waals surface area contributed by atoms with Crippen LogP contribution in [0.15, 0.2) is 53.7 Å². The fourth-order valence-electron chi connectivity index (χ4n) is 2.83. The second-order valence-corrected chi connectivity index (χ2v) is 6.92. The Kier molecular flexibility index (Phi) is 5.71. The normalized spacial score (nSPS) is 14.8. The van der Waals surface area contributed by atoms with Gasteiger partial charge in [0.05, 0.1) is 11.4 Å². The van der Waals surface area contributed by atoms with E-state index >= 15 is 0 Å². The van der Waals surface area contributed by atoms with E-state index < -0.39 is 0 Å². The third-order valence-electron chi connectivity index (χ3n) is 4.16. The number of pyridine rings is 1. The molecule has 0 fully saturated rings. The van der Waals surface area contributed by atoms with Gasteiger partial charge < -0.3 is 5.32 Å². The Morgan fingerprint density at radius 3 is 2.84 bits per heavy atom. The summed E-state index contributed by atoms with van der Waals surface area (Å²) in [5, 5.41) is 3.85. The molecule has 1 aliphatic heterocycles. The molecule has 0 saturated heterocycles. The predicted octanol–water partition coefficient (Wildman–Crippen LogP) is 2.66. The number of rotatable bonds is 6. The minimum absolute atomic E-state index is 0.0311. The molecule has 1 N–H and O–H groups in total. The Morgan fingerprint density at radius 2 is 2.08 bits per heavy atom. The van der Waals surface area contributed by atoms with Gasteiger partial charge in [-0.3, -0.25) is 14.5 Å². The van der Waals surface area contributed by atoms with Crippen molar-refractivity contribution in [1.29, 1.82) is 0 Å². The highest BCUT2D eigenvalue weighted by molar-refractivity contribution is 8.00. The van der Waals surface area contributed by atoms with Crippen molar-refractivity contribution in [3.63, 3.8) is 0 Å². The second-order valence-electron chi connectivity index (χ2n) is 5.96. The highest BCUT2D eigenvalue weighted by Gasteiger charge is 2.27. The van der Waals surface area contributed by atoms with Crippen molar-refractivity contribution in [2.75, 3.05) is 17.2 Å². The lowest BCUT2D eigenvalue weighted by Crippen LogP contribution is -2.46. The standard InChI is InChI=1S/C19H21N3O2S/c1-2-15(11-14-7-4-3-5-8-14)21-17(23)12-22-16-9-6-10-20-19(16)25-13-18(22)24/h3-10,15H,2,11-13H2,1H3,(H,21,23)/t15-/m1/s1. The Morgan fingerprint density at radius 1 is 1.28 bits per heavy atom. The fourth-order valence-corrected chi connectivity index (χ4v) is 3.71. The van der Waals surface area contributed by atoms with Crippen molar-refractivity contribution in [2.45, 2.75) is 30.8 Å². The van der Waals surface area contributed by atoms with Gasteiger partial charge in [0.1, 0.15) is 11.6 Å². The zero-order valence-electron chi connectivity index (χ0n) is 14.1. The molecule has 0 spiro atoms. The number of amides is 2. The van der Waals surface area contributed by atoms with E-state index in [1.807, 2.05) is 24.3 Å². The van der Waals surface area contributed by atoms with E-state index in [9.17, 15) is 9.59 Å². The van der Waals surface area contributed by atoms with Crippen LogP contribution in [0.3, 0.4) is 0 Å². The van der Waals surface area contributed by atoms with Crippen molar-refractivity contribution >= 4 is 29.3 Å². The molecular weight excluding hydrogens is 334 g/mol. The molecule has 1 atom stereocenters. The molecule has 2 heterocycles. The van der Waals surface area contributed by atoms with Gasteiger partial charge >= 0.3 is 0 Å². The zero-order chi connectivity index (χ0) is 17.6. The van der Waals surface area contributed by atoms with Crippen molar-refractivity contribution in [3.8, 4) is 0 Å². The number of nitrogens with one attached hydrogen (secondary N) is 1. The molecule has 2 aromatic rings. The fraction of sp³-hybridized carbons (Fsp3) is 0.316. The number of aromatic nitrogens is 1. The highest BCUT2D eigenvalue weighted by atomic mass is 32.2. The summed E-state index contributed by atoms with van der Waals surface area (Å²) < 4.78 is 0.